The molecule has 0 bridgehead atoms. The Hall–Kier alpha value is -4.28. The number of rotatable bonds is 11. The fourth-order valence-corrected chi connectivity index (χ4v) is 5.26. The van der Waals surface area contributed by atoms with E-state index in [9.17, 15) is 4.79 Å². The number of aromatic nitrogens is 5. The Morgan fingerprint density at radius 1 is 1.00 bits per heavy atom. The third kappa shape index (κ3) is 6.08. The van der Waals surface area contributed by atoms with Crippen LogP contribution in [0.25, 0.3) is 16.6 Å². The maximum absolute atomic E-state index is 13.4. The van der Waals surface area contributed by atoms with Gasteiger partial charge in [0.1, 0.15) is 23.7 Å². The normalized spacial score (nSPS) is 14.6. The summed E-state index contributed by atoms with van der Waals surface area (Å²) in [4.78, 5) is 27.3. The summed E-state index contributed by atoms with van der Waals surface area (Å²) in [5.74, 6) is 1.35. The molecule has 41 heavy (non-hydrogen) atoms. The summed E-state index contributed by atoms with van der Waals surface area (Å²) >= 11 is 0. The van der Waals surface area contributed by atoms with Crippen molar-refractivity contribution in [3.63, 3.8) is 0 Å². The van der Waals surface area contributed by atoms with E-state index < -0.39 is 0 Å². The lowest BCUT2D eigenvalue weighted by Crippen LogP contribution is -2.45. The largest absolute Gasteiger partial charge is 0.492 e. The third-order valence-corrected chi connectivity index (χ3v) is 7.56. The molecule has 0 N–H and O–H groups in total. The van der Waals surface area contributed by atoms with Gasteiger partial charge >= 0.3 is 0 Å². The van der Waals surface area contributed by atoms with Crippen LogP contribution in [0.3, 0.4) is 0 Å². The summed E-state index contributed by atoms with van der Waals surface area (Å²) in [5.41, 5.74) is 3.98. The standard InChI is InChI=1S/C31H35N7O3/c1-3-40-31-9-5-7-24(34-31)22-38-27-8-4-6-23(26(27)20-33-38)18-29(39)28-21-32-30-19-25(10-11-37(28)30)41-17-16-36-14-12-35(2)13-15-36/h4-11,19-21H,3,12-18,22H2,1-2H3. The molecule has 5 heterocycles. The molecular weight excluding hydrogens is 518 g/mol. The van der Waals surface area contributed by atoms with E-state index in [1.54, 1.807) is 6.20 Å². The zero-order valence-corrected chi connectivity index (χ0v) is 23.6. The molecule has 1 fully saturated rings. The minimum Gasteiger partial charge on any atom is -0.492 e. The average molecular weight is 554 g/mol. The van der Waals surface area contributed by atoms with Gasteiger partial charge in [0.25, 0.3) is 0 Å². The Labute approximate surface area is 239 Å². The highest BCUT2D eigenvalue weighted by Gasteiger charge is 2.17. The van der Waals surface area contributed by atoms with Gasteiger partial charge in [-0.1, -0.05) is 18.2 Å². The second-order valence-electron chi connectivity index (χ2n) is 10.4. The predicted molar refractivity (Wildman–Crippen MR) is 157 cm³/mol. The molecule has 0 atom stereocenters. The Bertz CT molecular complexity index is 1650. The zero-order chi connectivity index (χ0) is 28.2. The number of nitrogens with zero attached hydrogens (tertiary/aromatic N) is 7. The van der Waals surface area contributed by atoms with Crippen LogP contribution in [0, 0.1) is 0 Å². The van der Waals surface area contributed by atoms with Crippen LogP contribution >= 0.6 is 0 Å². The number of imidazole rings is 1. The lowest BCUT2D eigenvalue weighted by atomic mass is 10.0. The average Bonchev–Trinajstić information content (AvgIpc) is 3.59. The van der Waals surface area contributed by atoms with Crippen molar-refractivity contribution in [1.29, 1.82) is 0 Å². The van der Waals surface area contributed by atoms with Crippen molar-refractivity contribution in [3.8, 4) is 11.6 Å². The van der Waals surface area contributed by atoms with Crippen molar-refractivity contribution in [2.45, 2.75) is 19.9 Å². The number of hydrogen-bond acceptors (Lipinski definition) is 8. The molecule has 4 aromatic heterocycles. The van der Waals surface area contributed by atoms with Crippen LogP contribution < -0.4 is 9.47 Å². The highest BCUT2D eigenvalue weighted by molar-refractivity contribution is 5.99. The van der Waals surface area contributed by atoms with E-state index in [2.05, 4.69) is 31.9 Å². The van der Waals surface area contributed by atoms with E-state index >= 15 is 0 Å². The Balaban J connectivity index is 1.13. The van der Waals surface area contributed by atoms with Crippen molar-refractivity contribution >= 4 is 22.3 Å². The number of piperazine rings is 1. The van der Waals surface area contributed by atoms with Gasteiger partial charge in [0.15, 0.2) is 5.78 Å². The second-order valence-corrected chi connectivity index (χ2v) is 10.4. The fraction of sp³-hybridized carbons (Fsp3) is 0.355. The fourth-order valence-electron chi connectivity index (χ4n) is 5.26. The van der Waals surface area contributed by atoms with Crippen LogP contribution in [0.15, 0.2) is 67.1 Å². The number of pyridine rings is 2. The molecule has 10 heteroatoms. The van der Waals surface area contributed by atoms with Crippen LogP contribution in [0.5, 0.6) is 11.6 Å². The molecule has 0 amide bonds. The molecule has 1 saturated heterocycles. The number of carbonyl (C=O) groups is 1. The molecule has 6 rings (SSSR count). The smallest absolute Gasteiger partial charge is 0.213 e. The first-order valence-corrected chi connectivity index (χ1v) is 14.1. The summed E-state index contributed by atoms with van der Waals surface area (Å²) in [6.07, 6.45) is 5.58. The maximum atomic E-state index is 13.4. The van der Waals surface area contributed by atoms with Crippen molar-refractivity contribution in [2.24, 2.45) is 0 Å². The molecule has 0 aliphatic carbocycles. The van der Waals surface area contributed by atoms with Crippen LogP contribution in [0.2, 0.25) is 0 Å². The number of likely N-dealkylation sites (N-methyl/N-ethyl adjacent to an activating group) is 1. The highest BCUT2D eigenvalue weighted by atomic mass is 16.5. The molecule has 0 spiro atoms. The van der Waals surface area contributed by atoms with Gasteiger partial charge in [0.2, 0.25) is 5.88 Å². The first kappa shape index (κ1) is 26.9. The molecule has 1 aliphatic heterocycles. The van der Waals surface area contributed by atoms with Crippen LogP contribution in [-0.2, 0) is 13.0 Å². The quantitative estimate of drug-likeness (QED) is 0.229. The van der Waals surface area contributed by atoms with E-state index in [4.69, 9.17) is 9.47 Å². The number of fused-ring (bicyclic) bond motifs is 2. The summed E-state index contributed by atoms with van der Waals surface area (Å²) < 4.78 is 15.3. The monoisotopic (exact) mass is 553 g/mol. The Morgan fingerprint density at radius 2 is 1.85 bits per heavy atom. The minimum atomic E-state index is -0.00688. The minimum absolute atomic E-state index is 0.00688. The van der Waals surface area contributed by atoms with Gasteiger partial charge in [-0.05, 0) is 37.7 Å². The van der Waals surface area contributed by atoms with Gasteiger partial charge in [0, 0.05) is 62.9 Å². The molecule has 1 aromatic carbocycles. The summed E-state index contributed by atoms with van der Waals surface area (Å²) in [5, 5.41) is 5.55. The van der Waals surface area contributed by atoms with Gasteiger partial charge in [-0.2, -0.15) is 5.10 Å². The highest BCUT2D eigenvalue weighted by Crippen LogP contribution is 2.23. The predicted octanol–water partition coefficient (Wildman–Crippen LogP) is 3.58. The second kappa shape index (κ2) is 12.1. The van der Waals surface area contributed by atoms with Crippen molar-refractivity contribution in [1.82, 2.24) is 33.9 Å². The van der Waals surface area contributed by atoms with Crippen molar-refractivity contribution in [3.05, 3.63) is 84.1 Å². The van der Waals surface area contributed by atoms with E-state index in [1.165, 1.54) is 0 Å². The van der Waals surface area contributed by atoms with Gasteiger partial charge < -0.3 is 14.4 Å². The Morgan fingerprint density at radius 3 is 2.71 bits per heavy atom. The number of benzene rings is 1. The summed E-state index contributed by atoms with van der Waals surface area (Å²) in [7, 11) is 2.16. The van der Waals surface area contributed by atoms with Gasteiger partial charge in [-0.25, -0.2) is 9.97 Å². The first-order chi connectivity index (χ1) is 20.1. The molecule has 5 aromatic rings. The molecular formula is C31H35N7O3. The summed E-state index contributed by atoms with van der Waals surface area (Å²) in [6, 6.07) is 15.5. The van der Waals surface area contributed by atoms with Crippen LogP contribution in [0.4, 0.5) is 0 Å². The first-order valence-electron chi connectivity index (χ1n) is 14.1. The molecule has 0 saturated carbocycles. The zero-order valence-electron chi connectivity index (χ0n) is 23.6. The molecule has 212 valence electrons. The van der Waals surface area contributed by atoms with Crippen LogP contribution in [-0.4, -0.2) is 92.7 Å². The molecule has 0 unspecified atom stereocenters. The van der Waals surface area contributed by atoms with E-state index in [0.717, 1.165) is 60.6 Å². The van der Waals surface area contributed by atoms with E-state index in [0.29, 0.717) is 37.0 Å². The molecule has 0 radical (unpaired) electrons. The number of Topliss-reactive ketones (excluding diaryl/α,β-unsaturated/α-hetero) is 1. The van der Waals surface area contributed by atoms with Crippen LogP contribution in [0.1, 0.15) is 28.7 Å². The number of carbonyl (C=O) groups excluding carboxylic acids is 1. The topological polar surface area (TPSA) is 90.0 Å². The van der Waals surface area contributed by atoms with E-state index in [-0.39, 0.29) is 12.2 Å². The molecule has 10 nitrogen and oxygen atoms in total. The SMILES string of the molecule is CCOc1cccc(Cn2ncc3c(CC(=O)c4cnc5cc(OCCN6CCN(C)CC6)ccn45)cccc32)n1. The van der Waals surface area contributed by atoms with Gasteiger partial charge in [0.05, 0.1) is 36.8 Å². The van der Waals surface area contributed by atoms with Gasteiger partial charge in [-0.15, -0.1) is 0 Å². The Kier molecular flexibility index (Phi) is 7.93. The number of hydrogen-bond donors (Lipinski definition) is 0. The summed E-state index contributed by atoms with van der Waals surface area (Å²) in [6.45, 7) is 8.86. The number of ether oxygens (including phenoxy) is 2. The van der Waals surface area contributed by atoms with Crippen molar-refractivity contribution < 1.29 is 14.3 Å². The van der Waals surface area contributed by atoms with Crippen molar-refractivity contribution in [2.75, 3.05) is 53.0 Å². The van der Waals surface area contributed by atoms with E-state index in [1.807, 2.05) is 76.9 Å². The lowest BCUT2D eigenvalue weighted by Gasteiger charge is -2.32. The molecule has 1 aliphatic rings. The van der Waals surface area contributed by atoms with Gasteiger partial charge in [-0.3, -0.25) is 18.8 Å². The maximum Gasteiger partial charge on any atom is 0.213 e. The lowest BCUT2D eigenvalue weighted by molar-refractivity contribution is 0.0987. The third-order valence-electron chi connectivity index (χ3n) is 7.56. The number of ketones is 1.